The maximum Gasteiger partial charge on any atom is 0.258 e. The van der Waals surface area contributed by atoms with Crippen molar-refractivity contribution in [1.29, 1.82) is 0 Å². The van der Waals surface area contributed by atoms with Gasteiger partial charge in [0.15, 0.2) is 5.82 Å². The average Bonchev–Trinajstić information content (AvgIpc) is 2.99. The molecule has 0 bridgehead atoms. The Bertz CT molecular complexity index is 868. The van der Waals surface area contributed by atoms with Gasteiger partial charge in [-0.05, 0) is 44.2 Å². The van der Waals surface area contributed by atoms with Gasteiger partial charge >= 0.3 is 0 Å². The number of halogens is 1. The molecule has 3 N–H and O–H groups in total. The standard InChI is InChI=1S/C15H21N5O3S.ClH/c1-9-6-11(7-13(10(9)2)24(16,21)22)15-18-14(19-23-15)12-8-17-4-5-20(12)3;/h6-7,12,17H,4-5,8H2,1-3H3,(H2,16,21,22);1H. The number of aromatic nitrogens is 2. The molecule has 1 aliphatic rings. The summed E-state index contributed by atoms with van der Waals surface area (Å²) in [4.78, 5) is 6.69. The molecule has 1 fully saturated rings. The minimum atomic E-state index is -3.82. The van der Waals surface area contributed by atoms with Gasteiger partial charge in [-0.1, -0.05) is 5.16 Å². The Hall–Kier alpha value is -1.52. The molecule has 0 amide bonds. The van der Waals surface area contributed by atoms with Gasteiger partial charge in [0.05, 0.1) is 10.9 Å². The molecule has 0 spiro atoms. The fraction of sp³-hybridized carbons (Fsp3) is 0.467. The summed E-state index contributed by atoms with van der Waals surface area (Å²) in [6, 6.07) is 3.34. The second-order valence-electron chi connectivity index (χ2n) is 6.12. The molecule has 1 unspecified atom stereocenters. The van der Waals surface area contributed by atoms with E-state index in [-0.39, 0.29) is 29.2 Å². The fourth-order valence-electron chi connectivity index (χ4n) is 2.83. The van der Waals surface area contributed by atoms with Crippen LogP contribution in [0, 0.1) is 13.8 Å². The number of nitrogens with one attached hydrogen (secondary N) is 1. The second kappa shape index (κ2) is 7.38. The highest BCUT2D eigenvalue weighted by molar-refractivity contribution is 7.89. The first-order valence-electron chi connectivity index (χ1n) is 7.66. The molecule has 8 nitrogen and oxygen atoms in total. The normalized spacial score (nSPS) is 18.8. The molecule has 1 aromatic carbocycles. The summed E-state index contributed by atoms with van der Waals surface area (Å²) in [5.41, 5.74) is 1.97. The zero-order valence-corrected chi connectivity index (χ0v) is 15.9. The van der Waals surface area contributed by atoms with Crippen LogP contribution in [0.4, 0.5) is 0 Å². The van der Waals surface area contributed by atoms with E-state index in [1.165, 1.54) is 6.07 Å². The van der Waals surface area contributed by atoms with Gasteiger partial charge in [0, 0.05) is 25.2 Å². The highest BCUT2D eigenvalue weighted by Gasteiger charge is 2.26. The van der Waals surface area contributed by atoms with Crippen LogP contribution >= 0.6 is 12.4 Å². The topological polar surface area (TPSA) is 114 Å². The van der Waals surface area contributed by atoms with Gasteiger partial charge in [-0.25, -0.2) is 13.6 Å². The van der Waals surface area contributed by atoms with Crippen molar-refractivity contribution in [1.82, 2.24) is 20.4 Å². The monoisotopic (exact) mass is 387 g/mol. The van der Waals surface area contributed by atoms with Crippen molar-refractivity contribution >= 4 is 22.4 Å². The molecule has 1 atom stereocenters. The van der Waals surface area contributed by atoms with Crippen LogP contribution in [0.2, 0.25) is 0 Å². The number of sulfonamides is 1. The van der Waals surface area contributed by atoms with Crippen molar-refractivity contribution in [3.8, 4) is 11.5 Å². The molecular formula is C15H22ClN5O3S. The molecule has 1 saturated heterocycles. The zero-order valence-electron chi connectivity index (χ0n) is 14.3. The van der Waals surface area contributed by atoms with E-state index in [9.17, 15) is 8.42 Å². The number of primary sulfonamides is 1. The molecule has 0 aliphatic carbocycles. The highest BCUT2D eigenvalue weighted by atomic mass is 35.5. The summed E-state index contributed by atoms with van der Waals surface area (Å²) in [5.74, 6) is 0.868. The molecule has 0 radical (unpaired) electrons. The van der Waals surface area contributed by atoms with Crippen molar-refractivity contribution in [2.75, 3.05) is 26.7 Å². The van der Waals surface area contributed by atoms with Crippen molar-refractivity contribution in [3.63, 3.8) is 0 Å². The minimum Gasteiger partial charge on any atom is -0.334 e. The largest absolute Gasteiger partial charge is 0.334 e. The van der Waals surface area contributed by atoms with Gasteiger partial charge in [0.25, 0.3) is 5.89 Å². The van der Waals surface area contributed by atoms with E-state index in [2.05, 4.69) is 20.4 Å². The predicted octanol–water partition coefficient (Wildman–Crippen LogP) is 0.999. The van der Waals surface area contributed by atoms with E-state index in [4.69, 9.17) is 9.66 Å². The highest BCUT2D eigenvalue weighted by Crippen LogP contribution is 2.28. The number of nitrogens with two attached hydrogens (primary N) is 1. The van der Waals surface area contributed by atoms with E-state index in [0.717, 1.165) is 25.2 Å². The molecule has 10 heteroatoms. The zero-order chi connectivity index (χ0) is 17.5. The first-order chi connectivity index (χ1) is 11.3. The van der Waals surface area contributed by atoms with E-state index >= 15 is 0 Å². The van der Waals surface area contributed by atoms with Crippen LogP contribution < -0.4 is 10.5 Å². The van der Waals surface area contributed by atoms with Crippen LogP contribution in [0.25, 0.3) is 11.5 Å². The van der Waals surface area contributed by atoms with Crippen molar-refractivity contribution in [2.24, 2.45) is 5.14 Å². The molecule has 0 saturated carbocycles. The summed E-state index contributed by atoms with van der Waals surface area (Å²) in [7, 11) is -1.81. The SMILES string of the molecule is Cc1cc(-c2nc(C3CNCCN3C)no2)cc(S(N)(=O)=O)c1C.Cl. The lowest BCUT2D eigenvalue weighted by Gasteiger charge is -2.30. The quantitative estimate of drug-likeness (QED) is 0.807. The molecule has 25 heavy (non-hydrogen) atoms. The molecule has 2 heterocycles. The molecule has 3 rings (SSSR count). The van der Waals surface area contributed by atoms with Gasteiger partial charge in [-0.15, -0.1) is 12.4 Å². The van der Waals surface area contributed by atoms with Crippen LogP contribution in [0.3, 0.4) is 0 Å². The van der Waals surface area contributed by atoms with Gasteiger partial charge < -0.3 is 9.84 Å². The first kappa shape index (κ1) is 19.8. The number of benzene rings is 1. The second-order valence-corrected chi connectivity index (χ2v) is 7.65. The van der Waals surface area contributed by atoms with E-state index < -0.39 is 10.0 Å². The molecule has 1 aromatic heterocycles. The number of hydrogen-bond acceptors (Lipinski definition) is 7. The number of piperazine rings is 1. The van der Waals surface area contributed by atoms with Gasteiger partial charge in [0.1, 0.15) is 0 Å². The Morgan fingerprint density at radius 1 is 1.36 bits per heavy atom. The van der Waals surface area contributed by atoms with Crippen LogP contribution in [-0.2, 0) is 10.0 Å². The maximum absolute atomic E-state index is 11.8. The molecule has 1 aliphatic heterocycles. The van der Waals surface area contributed by atoms with Gasteiger partial charge in [0.2, 0.25) is 10.0 Å². The van der Waals surface area contributed by atoms with Crippen molar-refractivity contribution < 1.29 is 12.9 Å². The van der Waals surface area contributed by atoms with Crippen molar-refractivity contribution in [2.45, 2.75) is 24.8 Å². The minimum absolute atomic E-state index is 0. The lowest BCUT2D eigenvalue weighted by Crippen LogP contribution is -2.44. The smallest absolute Gasteiger partial charge is 0.258 e. The molecular weight excluding hydrogens is 366 g/mol. The maximum atomic E-state index is 11.8. The van der Waals surface area contributed by atoms with Crippen LogP contribution in [0.15, 0.2) is 21.6 Å². The van der Waals surface area contributed by atoms with E-state index in [1.807, 2.05) is 20.0 Å². The molecule has 2 aromatic rings. The van der Waals surface area contributed by atoms with Crippen LogP contribution in [-0.4, -0.2) is 50.1 Å². The number of hydrogen-bond donors (Lipinski definition) is 2. The van der Waals surface area contributed by atoms with Crippen LogP contribution in [0.1, 0.15) is 23.0 Å². The Balaban J connectivity index is 0.00000225. The van der Waals surface area contributed by atoms with E-state index in [0.29, 0.717) is 17.0 Å². The number of nitrogens with zero attached hydrogens (tertiary/aromatic N) is 3. The molecule has 138 valence electrons. The average molecular weight is 388 g/mol. The Morgan fingerprint density at radius 2 is 2.08 bits per heavy atom. The summed E-state index contributed by atoms with van der Waals surface area (Å²) in [5, 5.41) is 12.7. The first-order valence-corrected chi connectivity index (χ1v) is 9.21. The third kappa shape index (κ3) is 4.01. The van der Waals surface area contributed by atoms with Crippen LogP contribution in [0.5, 0.6) is 0 Å². The van der Waals surface area contributed by atoms with Gasteiger partial charge in [-0.3, -0.25) is 4.90 Å². The Kier molecular flexibility index (Phi) is 5.85. The summed E-state index contributed by atoms with van der Waals surface area (Å²) in [6.07, 6.45) is 0. The summed E-state index contributed by atoms with van der Waals surface area (Å²) < 4.78 is 28.9. The fourth-order valence-corrected chi connectivity index (χ4v) is 3.71. The number of rotatable bonds is 3. The lowest BCUT2D eigenvalue weighted by atomic mass is 10.1. The predicted molar refractivity (Wildman–Crippen MR) is 96.1 cm³/mol. The van der Waals surface area contributed by atoms with E-state index in [1.54, 1.807) is 6.92 Å². The number of likely N-dealkylation sites (N-methyl/N-ethyl adjacent to an activating group) is 1. The number of aryl methyl sites for hydroxylation is 1. The summed E-state index contributed by atoms with van der Waals surface area (Å²) >= 11 is 0. The van der Waals surface area contributed by atoms with Crippen molar-refractivity contribution in [3.05, 3.63) is 29.1 Å². The third-order valence-electron chi connectivity index (χ3n) is 4.42. The van der Waals surface area contributed by atoms with Gasteiger partial charge in [-0.2, -0.15) is 4.98 Å². The Morgan fingerprint density at radius 3 is 2.72 bits per heavy atom. The Labute approximate surface area is 153 Å². The summed E-state index contributed by atoms with van der Waals surface area (Å²) in [6.45, 7) is 6.11. The third-order valence-corrected chi connectivity index (χ3v) is 5.46. The lowest BCUT2D eigenvalue weighted by molar-refractivity contribution is 0.190.